The Balaban J connectivity index is 1.76. The van der Waals surface area contributed by atoms with Crippen LogP contribution in [0, 0.1) is 6.92 Å². The van der Waals surface area contributed by atoms with E-state index >= 15 is 0 Å². The maximum Gasteiger partial charge on any atom is 0.256 e. The van der Waals surface area contributed by atoms with E-state index in [9.17, 15) is 9.59 Å². The van der Waals surface area contributed by atoms with Crippen LogP contribution in [0.2, 0.25) is 10.0 Å². The number of hydrogen-bond acceptors (Lipinski definition) is 3. The third-order valence-corrected chi connectivity index (χ3v) is 4.60. The number of hydrogen-bond donors (Lipinski definition) is 2. The predicted molar refractivity (Wildman–Crippen MR) is 108 cm³/mol. The molecule has 0 saturated heterocycles. The van der Waals surface area contributed by atoms with Crippen LogP contribution < -0.4 is 15.4 Å². The SMILES string of the molecule is COc1c(Cl)ccc(Cl)c1C(=O)NCCNC(=O)CCc1ccc(C)cc1. The zero-order chi connectivity index (χ0) is 19.8. The quantitative estimate of drug-likeness (QED) is 0.652. The molecule has 0 spiro atoms. The van der Waals surface area contributed by atoms with Crippen molar-refractivity contribution in [3.63, 3.8) is 0 Å². The molecule has 27 heavy (non-hydrogen) atoms. The van der Waals surface area contributed by atoms with Gasteiger partial charge in [0.05, 0.1) is 17.2 Å². The minimum absolute atomic E-state index is 0.0665. The molecule has 0 bridgehead atoms. The molecule has 2 amide bonds. The van der Waals surface area contributed by atoms with Crippen LogP contribution in [0.25, 0.3) is 0 Å². The van der Waals surface area contributed by atoms with E-state index in [1.54, 1.807) is 6.07 Å². The fourth-order valence-corrected chi connectivity index (χ4v) is 2.98. The lowest BCUT2D eigenvalue weighted by molar-refractivity contribution is -0.121. The first-order valence-electron chi connectivity index (χ1n) is 8.54. The van der Waals surface area contributed by atoms with Crippen molar-refractivity contribution >= 4 is 35.0 Å². The molecule has 0 heterocycles. The molecule has 2 N–H and O–H groups in total. The standard InChI is InChI=1S/C20H22Cl2N2O3/c1-13-3-5-14(6-4-13)7-10-17(25)23-11-12-24-20(26)18-15(21)8-9-16(22)19(18)27-2/h3-6,8-9H,7,10-12H2,1-2H3,(H,23,25)(H,24,26). The Morgan fingerprint density at radius 3 is 2.26 bits per heavy atom. The van der Waals surface area contributed by atoms with Gasteiger partial charge in [0, 0.05) is 19.5 Å². The Kier molecular flexibility index (Phi) is 7.95. The number of carbonyl (C=O) groups excluding carboxylic acids is 2. The van der Waals surface area contributed by atoms with Crippen LogP contribution in [0.4, 0.5) is 0 Å². The summed E-state index contributed by atoms with van der Waals surface area (Å²) in [5.41, 5.74) is 2.49. The van der Waals surface area contributed by atoms with Crippen molar-refractivity contribution in [2.45, 2.75) is 19.8 Å². The lowest BCUT2D eigenvalue weighted by Gasteiger charge is -2.12. The third kappa shape index (κ3) is 6.15. The molecule has 0 radical (unpaired) electrons. The van der Waals surface area contributed by atoms with Crippen LogP contribution in [0.3, 0.4) is 0 Å². The number of rotatable bonds is 8. The minimum Gasteiger partial charge on any atom is -0.494 e. The highest BCUT2D eigenvalue weighted by molar-refractivity contribution is 6.37. The van der Waals surface area contributed by atoms with E-state index in [0.717, 1.165) is 5.56 Å². The summed E-state index contributed by atoms with van der Waals surface area (Å²) in [6.45, 7) is 2.61. The highest BCUT2D eigenvalue weighted by atomic mass is 35.5. The van der Waals surface area contributed by atoms with Crippen molar-refractivity contribution in [3.8, 4) is 5.75 Å². The maximum absolute atomic E-state index is 12.3. The van der Waals surface area contributed by atoms with Gasteiger partial charge in [0.2, 0.25) is 5.91 Å². The number of carbonyl (C=O) groups is 2. The Bertz CT molecular complexity index is 808. The van der Waals surface area contributed by atoms with Crippen LogP contribution in [-0.4, -0.2) is 32.0 Å². The molecule has 2 aromatic rings. The monoisotopic (exact) mass is 408 g/mol. The number of halogens is 2. The largest absolute Gasteiger partial charge is 0.494 e. The number of methoxy groups -OCH3 is 1. The average molecular weight is 409 g/mol. The van der Waals surface area contributed by atoms with Gasteiger partial charge in [-0.25, -0.2) is 0 Å². The molecule has 0 unspecified atom stereocenters. The minimum atomic E-state index is -0.409. The normalized spacial score (nSPS) is 10.4. The fourth-order valence-electron chi connectivity index (χ4n) is 2.51. The Labute approximate surface area is 169 Å². The molecule has 0 aliphatic heterocycles. The third-order valence-electron chi connectivity index (χ3n) is 3.98. The summed E-state index contributed by atoms with van der Waals surface area (Å²) in [4.78, 5) is 24.2. The topological polar surface area (TPSA) is 67.4 Å². The molecule has 2 rings (SSSR count). The Hall–Kier alpha value is -2.24. The predicted octanol–water partition coefficient (Wildman–Crippen LogP) is 3.79. The van der Waals surface area contributed by atoms with Gasteiger partial charge in [-0.2, -0.15) is 0 Å². The van der Waals surface area contributed by atoms with Gasteiger partial charge < -0.3 is 15.4 Å². The van der Waals surface area contributed by atoms with E-state index in [4.69, 9.17) is 27.9 Å². The van der Waals surface area contributed by atoms with Crippen molar-refractivity contribution in [1.82, 2.24) is 10.6 Å². The molecular formula is C20H22Cl2N2O3. The Morgan fingerprint density at radius 1 is 0.963 bits per heavy atom. The molecular weight excluding hydrogens is 387 g/mol. The van der Waals surface area contributed by atoms with E-state index in [-0.39, 0.29) is 28.8 Å². The number of benzene rings is 2. The molecule has 144 valence electrons. The molecule has 0 aliphatic rings. The smallest absolute Gasteiger partial charge is 0.256 e. The summed E-state index contributed by atoms with van der Waals surface area (Å²) in [6, 6.07) is 11.2. The van der Waals surface area contributed by atoms with Crippen molar-refractivity contribution in [1.29, 1.82) is 0 Å². The molecule has 2 aromatic carbocycles. The van der Waals surface area contributed by atoms with Gasteiger partial charge in [-0.05, 0) is 31.0 Å². The Morgan fingerprint density at radius 2 is 1.59 bits per heavy atom. The number of nitrogens with one attached hydrogen (secondary N) is 2. The van der Waals surface area contributed by atoms with E-state index in [0.29, 0.717) is 24.4 Å². The van der Waals surface area contributed by atoms with E-state index < -0.39 is 5.91 Å². The van der Waals surface area contributed by atoms with Crippen LogP contribution in [0.5, 0.6) is 5.75 Å². The second-order valence-electron chi connectivity index (χ2n) is 6.03. The molecule has 0 aliphatic carbocycles. The van der Waals surface area contributed by atoms with Crippen LogP contribution in [0.15, 0.2) is 36.4 Å². The van der Waals surface area contributed by atoms with Gasteiger partial charge in [-0.3, -0.25) is 9.59 Å². The summed E-state index contributed by atoms with van der Waals surface area (Å²) in [5, 5.41) is 6.03. The van der Waals surface area contributed by atoms with Gasteiger partial charge in [-0.1, -0.05) is 53.0 Å². The van der Waals surface area contributed by atoms with Crippen molar-refractivity contribution < 1.29 is 14.3 Å². The number of ether oxygens (including phenoxy) is 1. The summed E-state index contributed by atoms with van der Waals surface area (Å²) in [6.07, 6.45) is 1.07. The zero-order valence-electron chi connectivity index (χ0n) is 15.3. The highest BCUT2D eigenvalue weighted by Crippen LogP contribution is 2.33. The van der Waals surface area contributed by atoms with Gasteiger partial charge in [0.25, 0.3) is 5.91 Å². The van der Waals surface area contributed by atoms with Gasteiger partial charge >= 0.3 is 0 Å². The summed E-state index contributed by atoms with van der Waals surface area (Å²) >= 11 is 12.1. The molecule has 0 aromatic heterocycles. The lowest BCUT2D eigenvalue weighted by atomic mass is 10.1. The summed E-state index contributed by atoms with van der Waals surface area (Å²) in [5.74, 6) is -0.250. The van der Waals surface area contributed by atoms with Crippen molar-refractivity contribution in [2.75, 3.05) is 20.2 Å². The molecule has 0 atom stereocenters. The first-order valence-corrected chi connectivity index (χ1v) is 9.30. The maximum atomic E-state index is 12.3. The second-order valence-corrected chi connectivity index (χ2v) is 6.84. The lowest BCUT2D eigenvalue weighted by Crippen LogP contribution is -2.35. The van der Waals surface area contributed by atoms with Crippen molar-refractivity contribution in [2.24, 2.45) is 0 Å². The van der Waals surface area contributed by atoms with E-state index in [1.807, 2.05) is 31.2 Å². The van der Waals surface area contributed by atoms with Crippen molar-refractivity contribution in [3.05, 3.63) is 63.1 Å². The number of amides is 2. The molecule has 0 fully saturated rings. The molecule has 0 saturated carbocycles. The van der Waals surface area contributed by atoms with Gasteiger partial charge in [0.15, 0.2) is 5.75 Å². The average Bonchev–Trinajstić information content (AvgIpc) is 2.66. The van der Waals surface area contributed by atoms with Crippen LogP contribution in [-0.2, 0) is 11.2 Å². The highest BCUT2D eigenvalue weighted by Gasteiger charge is 2.19. The molecule has 7 heteroatoms. The van der Waals surface area contributed by atoms with Gasteiger partial charge in [0.1, 0.15) is 5.56 Å². The summed E-state index contributed by atoms with van der Waals surface area (Å²) < 4.78 is 5.16. The van der Waals surface area contributed by atoms with E-state index in [2.05, 4.69) is 10.6 Å². The first-order chi connectivity index (χ1) is 12.9. The second kappa shape index (κ2) is 10.2. The van der Waals surface area contributed by atoms with Gasteiger partial charge in [-0.15, -0.1) is 0 Å². The zero-order valence-corrected chi connectivity index (χ0v) is 16.8. The van der Waals surface area contributed by atoms with Crippen LogP contribution >= 0.6 is 23.2 Å². The van der Waals surface area contributed by atoms with E-state index in [1.165, 1.54) is 18.7 Å². The first kappa shape index (κ1) is 21.1. The summed E-state index contributed by atoms with van der Waals surface area (Å²) in [7, 11) is 1.42. The fraction of sp³-hybridized carbons (Fsp3) is 0.300. The van der Waals surface area contributed by atoms with Crippen LogP contribution in [0.1, 0.15) is 27.9 Å². The molecule has 5 nitrogen and oxygen atoms in total. The number of aryl methyl sites for hydroxylation is 2.